The Balaban J connectivity index is 1.99. The molecule has 3 nitrogen and oxygen atoms in total. The van der Waals surface area contributed by atoms with Gasteiger partial charge in [0.1, 0.15) is 6.04 Å². The summed E-state index contributed by atoms with van der Waals surface area (Å²) in [5.74, 6) is 0. The van der Waals surface area contributed by atoms with Gasteiger partial charge in [-0.2, -0.15) is 0 Å². The van der Waals surface area contributed by atoms with Crippen molar-refractivity contribution in [3.63, 3.8) is 0 Å². The second kappa shape index (κ2) is 9.40. The highest BCUT2D eigenvalue weighted by molar-refractivity contribution is 7.80. The molecule has 0 aliphatic heterocycles. The summed E-state index contributed by atoms with van der Waals surface area (Å²) >= 11 is 5.46. The first-order valence-corrected chi connectivity index (χ1v) is 9.05. The van der Waals surface area contributed by atoms with E-state index in [1.54, 1.807) is 4.90 Å². The Kier molecular flexibility index (Phi) is 7.22. The molecule has 0 saturated heterocycles. The average Bonchev–Trinajstić information content (AvgIpc) is 2.61. The molecule has 2 aromatic rings. The van der Waals surface area contributed by atoms with Crippen LogP contribution in [0.25, 0.3) is 0 Å². The van der Waals surface area contributed by atoms with Crippen LogP contribution in [-0.2, 0) is 0 Å². The van der Waals surface area contributed by atoms with Crippen LogP contribution in [0.4, 0.5) is 5.69 Å². The fourth-order valence-electron chi connectivity index (χ4n) is 2.93. The van der Waals surface area contributed by atoms with Gasteiger partial charge >= 0.3 is 0 Å². The third-order valence-electron chi connectivity index (χ3n) is 4.38. The van der Waals surface area contributed by atoms with E-state index in [0.29, 0.717) is 11.2 Å². The summed E-state index contributed by atoms with van der Waals surface area (Å²) in [6.07, 6.45) is 0. The van der Waals surface area contributed by atoms with Gasteiger partial charge in [0.25, 0.3) is 0 Å². The van der Waals surface area contributed by atoms with Gasteiger partial charge in [-0.25, -0.2) is 0 Å². The lowest BCUT2D eigenvalue weighted by Gasteiger charge is -2.27. The first kappa shape index (κ1) is 18.4. The molecule has 0 fully saturated rings. The van der Waals surface area contributed by atoms with Crippen LogP contribution in [0, 0.1) is 6.92 Å². The van der Waals surface area contributed by atoms with E-state index in [9.17, 15) is 0 Å². The van der Waals surface area contributed by atoms with E-state index in [1.807, 2.05) is 12.1 Å². The van der Waals surface area contributed by atoms with Gasteiger partial charge in [-0.05, 0) is 45.1 Å². The van der Waals surface area contributed by atoms with Crippen molar-refractivity contribution >= 4 is 23.0 Å². The number of quaternary nitrogens is 1. The van der Waals surface area contributed by atoms with Crippen LogP contribution in [0.1, 0.15) is 31.0 Å². The number of likely N-dealkylation sites (N-methyl/N-ethyl adjacent to an activating group) is 1. The lowest BCUT2D eigenvalue weighted by Crippen LogP contribution is -3.12. The van der Waals surface area contributed by atoms with Gasteiger partial charge in [-0.15, -0.1) is 0 Å². The van der Waals surface area contributed by atoms with Crippen LogP contribution in [0.3, 0.4) is 0 Å². The standard InChI is InChI=1S/C20H27N3S/c1-4-23(5-2)19(17-9-7-6-8-10-17)15-21-20(24)22-18-13-11-16(3)12-14-18/h6-14,19H,4-5,15H2,1-3H3,(H2,21,22,24)/p+1/t19-/m1/s1. The SMILES string of the molecule is CC[NH+](CC)[C@H](CNC(=S)Nc1ccc(C)cc1)c1ccccc1. The van der Waals surface area contributed by atoms with Crippen molar-refractivity contribution in [3.8, 4) is 0 Å². The van der Waals surface area contributed by atoms with Crippen molar-refractivity contribution in [2.45, 2.75) is 26.8 Å². The van der Waals surface area contributed by atoms with Crippen molar-refractivity contribution < 1.29 is 4.90 Å². The third-order valence-corrected chi connectivity index (χ3v) is 4.63. The summed E-state index contributed by atoms with van der Waals surface area (Å²) in [5, 5.41) is 7.33. The van der Waals surface area contributed by atoms with Gasteiger partial charge in [-0.3, -0.25) is 0 Å². The van der Waals surface area contributed by atoms with Crippen LogP contribution < -0.4 is 15.5 Å². The molecular weight excluding hydrogens is 314 g/mol. The highest BCUT2D eigenvalue weighted by Gasteiger charge is 2.21. The Hall–Kier alpha value is -1.91. The molecule has 0 unspecified atom stereocenters. The number of hydrogen-bond acceptors (Lipinski definition) is 1. The lowest BCUT2D eigenvalue weighted by atomic mass is 10.1. The molecule has 128 valence electrons. The zero-order valence-electron chi connectivity index (χ0n) is 14.8. The maximum atomic E-state index is 5.46. The summed E-state index contributed by atoms with van der Waals surface area (Å²) in [6.45, 7) is 9.55. The van der Waals surface area contributed by atoms with Crippen LogP contribution in [0.15, 0.2) is 54.6 Å². The van der Waals surface area contributed by atoms with E-state index in [2.05, 4.69) is 73.9 Å². The third kappa shape index (κ3) is 5.32. The predicted octanol–water partition coefficient (Wildman–Crippen LogP) is 2.95. The molecule has 0 aliphatic rings. The summed E-state index contributed by atoms with van der Waals surface area (Å²) < 4.78 is 0. The second-order valence-electron chi connectivity index (χ2n) is 6.03. The average molecular weight is 343 g/mol. The summed E-state index contributed by atoms with van der Waals surface area (Å²) in [4.78, 5) is 1.55. The number of benzene rings is 2. The normalized spacial score (nSPS) is 12.0. The Morgan fingerprint density at radius 3 is 2.21 bits per heavy atom. The molecule has 0 radical (unpaired) electrons. The van der Waals surface area contributed by atoms with Crippen molar-refractivity contribution in [2.24, 2.45) is 0 Å². The summed E-state index contributed by atoms with van der Waals surface area (Å²) in [7, 11) is 0. The first-order chi connectivity index (χ1) is 11.6. The van der Waals surface area contributed by atoms with Gasteiger partial charge in [0.2, 0.25) is 0 Å². The molecule has 1 atom stereocenters. The van der Waals surface area contributed by atoms with E-state index >= 15 is 0 Å². The van der Waals surface area contributed by atoms with Crippen molar-refractivity contribution in [1.82, 2.24) is 5.32 Å². The minimum Gasteiger partial charge on any atom is -0.356 e. The molecule has 2 rings (SSSR count). The number of nitrogens with one attached hydrogen (secondary N) is 3. The lowest BCUT2D eigenvalue weighted by molar-refractivity contribution is -0.927. The highest BCUT2D eigenvalue weighted by Crippen LogP contribution is 2.10. The van der Waals surface area contributed by atoms with E-state index in [4.69, 9.17) is 12.2 Å². The second-order valence-corrected chi connectivity index (χ2v) is 6.44. The Morgan fingerprint density at radius 1 is 1.00 bits per heavy atom. The Labute approximate surface area is 151 Å². The molecule has 24 heavy (non-hydrogen) atoms. The van der Waals surface area contributed by atoms with E-state index in [0.717, 1.165) is 25.3 Å². The smallest absolute Gasteiger partial charge is 0.171 e. The molecule has 0 bridgehead atoms. The zero-order valence-corrected chi connectivity index (χ0v) is 15.6. The molecule has 3 N–H and O–H groups in total. The van der Waals surface area contributed by atoms with Crippen molar-refractivity contribution in [2.75, 3.05) is 25.0 Å². The van der Waals surface area contributed by atoms with Crippen LogP contribution >= 0.6 is 12.2 Å². The van der Waals surface area contributed by atoms with E-state index in [-0.39, 0.29) is 0 Å². The molecule has 4 heteroatoms. The van der Waals surface area contributed by atoms with Gasteiger partial charge in [0, 0.05) is 11.3 Å². The van der Waals surface area contributed by atoms with Crippen molar-refractivity contribution in [1.29, 1.82) is 0 Å². The molecule has 0 heterocycles. The van der Waals surface area contributed by atoms with Gasteiger partial charge in [-0.1, -0.05) is 48.0 Å². The summed E-state index contributed by atoms with van der Waals surface area (Å²) in [6, 6.07) is 19.3. The molecule has 2 aromatic carbocycles. The van der Waals surface area contributed by atoms with E-state index < -0.39 is 0 Å². The molecule has 0 saturated carbocycles. The topological polar surface area (TPSA) is 28.5 Å². The maximum Gasteiger partial charge on any atom is 0.171 e. The summed E-state index contributed by atoms with van der Waals surface area (Å²) in [5.41, 5.74) is 3.61. The minimum absolute atomic E-state index is 0.388. The quantitative estimate of drug-likeness (QED) is 0.676. The predicted molar refractivity (Wildman–Crippen MR) is 107 cm³/mol. The van der Waals surface area contributed by atoms with E-state index in [1.165, 1.54) is 11.1 Å². The maximum absolute atomic E-state index is 5.46. The molecule has 0 aliphatic carbocycles. The molecular formula is C20H28N3S+. The van der Waals surface area contributed by atoms with Crippen LogP contribution in [0.2, 0.25) is 0 Å². The van der Waals surface area contributed by atoms with Crippen LogP contribution in [0.5, 0.6) is 0 Å². The number of rotatable bonds is 7. The van der Waals surface area contributed by atoms with Crippen LogP contribution in [-0.4, -0.2) is 24.7 Å². The fraction of sp³-hybridized carbons (Fsp3) is 0.350. The zero-order chi connectivity index (χ0) is 17.4. The van der Waals surface area contributed by atoms with Crippen molar-refractivity contribution in [3.05, 3.63) is 65.7 Å². The number of anilines is 1. The first-order valence-electron chi connectivity index (χ1n) is 8.65. The Morgan fingerprint density at radius 2 is 1.62 bits per heavy atom. The van der Waals surface area contributed by atoms with Gasteiger partial charge < -0.3 is 15.5 Å². The number of aryl methyl sites for hydroxylation is 1. The number of hydrogen-bond donors (Lipinski definition) is 3. The van der Waals surface area contributed by atoms with Gasteiger partial charge in [0.15, 0.2) is 5.11 Å². The Bertz CT molecular complexity index is 621. The number of thiocarbonyl (C=S) groups is 1. The fourth-order valence-corrected chi connectivity index (χ4v) is 3.13. The molecule has 0 amide bonds. The minimum atomic E-state index is 0.388. The molecule has 0 aromatic heterocycles. The largest absolute Gasteiger partial charge is 0.356 e. The highest BCUT2D eigenvalue weighted by atomic mass is 32.1. The monoisotopic (exact) mass is 342 g/mol. The molecule has 0 spiro atoms. The van der Waals surface area contributed by atoms with Gasteiger partial charge in [0.05, 0.1) is 19.6 Å².